The Bertz CT molecular complexity index is 441. The highest BCUT2D eigenvalue weighted by atomic mass is 35.5. The third kappa shape index (κ3) is 3.39. The molecule has 0 bridgehead atoms. The Kier molecular flexibility index (Phi) is 4.12. The second-order valence-electron chi connectivity index (χ2n) is 4.93. The van der Waals surface area contributed by atoms with Crippen LogP contribution in [0.15, 0.2) is 18.2 Å². The molecule has 1 aliphatic rings. The van der Waals surface area contributed by atoms with E-state index >= 15 is 0 Å². The van der Waals surface area contributed by atoms with Gasteiger partial charge in [-0.2, -0.15) is 0 Å². The van der Waals surface area contributed by atoms with E-state index in [1.807, 2.05) is 18.2 Å². The maximum absolute atomic E-state index is 10.8. The highest BCUT2D eigenvalue weighted by Gasteiger charge is 2.23. The normalized spacial score (nSPS) is 16.3. The summed E-state index contributed by atoms with van der Waals surface area (Å²) in [7, 11) is 0. The van der Waals surface area contributed by atoms with Crippen LogP contribution < -0.4 is 4.74 Å². The van der Waals surface area contributed by atoms with E-state index in [0.717, 1.165) is 5.56 Å². The molecule has 1 fully saturated rings. The molecule has 1 N–H and O–H groups in total. The van der Waals surface area contributed by atoms with Crippen molar-refractivity contribution in [3.8, 4) is 5.75 Å². The van der Waals surface area contributed by atoms with Gasteiger partial charge in [-0.25, -0.2) is 0 Å². The van der Waals surface area contributed by atoms with Crippen molar-refractivity contribution in [1.29, 1.82) is 0 Å². The molecule has 1 aromatic carbocycles. The van der Waals surface area contributed by atoms with Crippen LogP contribution in [-0.4, -0.2) is 17.7 Å². The van der Waals surface area contributed by atoms with E-state index in [2.05, 4.69) is 0 Å². The van der Waals surface area contributed by atoms with E-state index in [4.69, 9.17) is 21.4 Å². The van der Waals surface area contributed by atoms with Gasteiger partial charge in [-0.1, -0.05) is 30.7 Å². The molecular weight excluding hydrogens is 252 g/mol. The maximum Gasteiger partial charge on any atom is 0.306 e. The minimum absolute atomic E-state index is 0.425. The summed E-state index contributed by atoms with van der Waals surface area (Å²) in [6.45, 7) is 2.38. The van der Waals surface area contributed by atoms with Gasteiger partial charge in [0.2, 0.25) is 0 Å². The Morgan fingerprint density at radius 3 is 2.89 bits per heavy atom. The van der Waals surface area contributed by atoms with Gasteiger partial charge in [0.25, 0.3) is 0 Å². The first-order chi connectivity index (χ1) is 8.58. The minimum atomic E-state index is -0.810. The molecule has 98 valence electrons. The molecule has 4 heteroatoms. The van der Waals surface area contributed by atoms with E-state index < -0.39 is 11.9 Å². The molecule has 2 rings (SSSR count). The number of hydrogen-bond acceptors (Lipinski definition) is 2. The number of carbonyl (C=O) groups is 1. The summed E-state index contributed by atoms with van der Waals surface area (Å²) in [5.74, 6) is 0.0814. The lowest BCUT2D eigenvalue weighted by Gasteiger charge is -2.12. The lowest BCUT2D eigenvalue weighted by molar-refractivity contribution is -0.141. The monoisotopic (exact) mass is 268 g/mol. The van der Waals surface area contributed by atoms with Crippen LogP contribution >= 0.6 is 11.6 Å². The summed E-state index contributed by atoms with van der Waals surface area (Å²) in [5, 5.41) is 9.46. The van der Waals surface area contributed by atoms with Gasteiger partial charge in [-0.3, -0.25) is 4.79 Å². The smallest absolute Gasteiger partial charge is 0.306 e. The molecule has 18 heavy (non-hydrogen) atoms. The van der Waals surface area contributed by atoms with Gasteiger partial charge in [-0.15, -0.1) is 0 Å². The number of aliphatic carboxylic acids is 1. The van der Waals surface area contributed by atoms with Crippen molar-refractivity contribution in [2.24, 2.45) is 11.8 Å². The van der Waals surface area contributed by atoms with Crippen molar-refractivity contribution in [1.82, 2.24) is 0 Å². The molecule has 1 atom stereocenters. The number of rotatable bonds is 6. The molecule has 0 heterocycles. The van der Waals surface area contributed by atoms with E-state index in [0.29, 0.717) is 29.7 Å². The highest BCUT2D eigenvalue weighted by molar-refractivity contribution is 6.32. The lowest BCUT2D eigenvalue weighted by atomic mass is 10.0. The molecule has 1 aliphatic carbocycles. The van der Waals surface area contributed by atoms with Crippen molar-refractivity contribution in [3.05, 3.63) is 28.8 Å². The van der Waals surface area contributed by atoms with Crippen LogP contribution in [0.25, 0.3) is 0 Å². The Balaban J connectivity index is 2.05. The molecule has 1 aromatic rings. The number of carboxylic acids is 1. The second kappa shape index (κ2) is 5.61. The predicted molar refractivity (Wildman–Crippen MR) is 70.2 cm³/mol. The third-order valence-electron chi connectivity index (χ3n) is 3.16. The van der Waals surface area contributed by atoms with Crippen LogP contribution in [0.2, 0.25) is 5.02 Å². The lowest BCUT2D eigenvalue weighted by Crippen LogP contribution is -2.12. The van der Waals surface area contributed by atoms with Crippen LogP contribution in [0, 0.1) is 11.8 Å². The van der Waals surface area contributed by atoms with Crippen LogP contribution in [0.5, 0.6) is 5.75 Å². The highest BCUT2D eigenvalue weighted by Crippen LogP contribution is 2.33. The molecular formula is C14H17ClO3. The summed E-state index contributed by atoms with van der Waals surface area (Å²) in [4.78, 5) is 10.8. The summed E-state index contributed by atoms with van der Waals surface area (Å²) in [6.07, 6.45) is 2.88. The number of benzene rings is 1. The fourth-order valence-electron chi connectivity index (χ4n) is 1.73. The average Bonchev–Trinajstić information content (AvgIpc) is 3.14. The molecule has 3 nitrogen and oxygen atoms in total. The predicted octanol–water partition coefficient (Wildman–Crippen LogP) is 3.39. The molecule has 0 spiro atoms. The summed E-state index contributed by atoms with van der Waals surface area (Å²) in [6, 6.07) is 5.55. The fraction of sp³-hybridized carbons (Fsp3) is 0.500. The fourth-order valence-corrected chi connectivity index (χ4v) is 1.99. The van der Waals surface area contributed by atoms with Gasteiger partial charge < -0.3 is 9.84 Å². The average molecular weight is 269 g/mol. The number of halogens is 1. The van der Waals surface area contributed by atoms with Crippen LogP contribution in [0.4, 0.5) is 0 Å². The SMILES string of the molecule is CC(Cc1cccc(OCC2CC2)c1Cl)C(=O)O. The summed E-state index contributed by atoms with van der Waals surface area (Å²) < 4.78 is 5.66. The van der Waals surface area contributed by atoms with Crippen molar-refractivity contribution < 1.29 is 14.6 Å². The van der Waals surface area contributed by atoms with E-state index in [9.17, 15) is 4.79 Å². The Morgan fingerprint density at radius 2 is 2.28 bits per heavy atom. The second-order valence-corrected chi connectivity index (χ2v) is 5.31. The zero-order chi connectivity index (χ0) is 13.1. The third-order valence-corrected chi connectivity index (χ3v) is 3.59. The Morgan fingerprint density at radius 1 is 1.56 bits per heavy atom. The molecule has 0 radical (unpaired) electrons. The van der Waals surface area contributed by atoms with Gasteiger partial charge in [0.05, 0.1) is 17.5 Å². The maximum atomic E-state index is 10.8. The standard InChI is InChI=1S/C14H17ClO3/c1-9(14(16)17)7-11-3-2-4-12(13(11)15)18-8-10-5-6-10/h2-4,9-10H,5-8H2,1H3,(H,16,17). The van der Waals surface area contributed by atoms with E-state index in [1.165, 1.54) is 12.8 Å². The van der Waals surface area contributed by atoms with Gasteiger partial charge in [-0.05, 0) is 36.8 Å². The summed E-state index contributed by atoms with van der Waals surface area (Å²) >= 11 is 6.24. The molecule has 0 aromatic heterocycles. The molecule has 0 aliphatic heterocycles. The Hall–Kier alpha value is -1.22. The first-order valence-electron chi connectivity index (χ1n) is 6.21. The Labute approximate surface area is 112 Å². The zero-order valence-corrected chi connectivity index (χ0v) is 11.1. The van der Waals surface area contributed by atoms with Crippen LogP contribution in [0.3, 0.4) is 0 Å². The van der Waals surface area contributed by atoms with E-state index in [1.54, 1.807) is 6.92 Å². The van der Waals surface area contributed by atoms with Crippen molar-refractivity contribution in [2.75, 3.05) is 6.61 Å². The van der Waals surface area contributed by atoms with Crippen molar-refractivity contribution in [3.63, 3.8) is 0 Å². The number of hydrogen-bond donors (Lipinski definition) is 1. The topological polar surface area (TPSA) is 46.5 Å². The zero-order valence-electron chi connectivity index (χ0n) is 10.4. The number of ether oxygens (including phenoxy) is 1. The van der Waals surface area contributed by atoms with Gasteiger partial charge in [0.15, 0.2) is 0 Å². The number of carboxylic acid groups (broad SMARTS) is 1. The van der Waals surface area contributed by atoms with Crippen molar-refractivity contribution >= 4 is 17.6 Å². The van der Waals surface area contributed by atoms with Crippen LogP contribution in [0.1, 0.15) is 25.3 Å². The van der Waals surface area contributed by atoms with Crippen LogP contribution in [-0.2, 0) is 11.2 Å². The molecule has 1 saturated carbocycles. The molecule has 0 saturated heterocycles. The summed E-state index contributed by atoms with van der Waals surface area (Å²) in [5.41, 5.74) is 0.833. The first kappa shape index (κ1) is 13.2. The largest absolute Gasteiger partial charge is 0.492 e. The van der Waals surface area contributed by atoms with Gasteiger partial charge >= 0.3 is 5.97 Å². The van der Waals surface area contributed by atoms with E-state index in [-0.39, 0.29) is 0 Å². The first-order valence-corrected chi connectivity index (χ1v) is 6.58. The van der Waals surface area contributed by atoms with Gasteiger partial charge in [0, 0.05) is 0 Å². The quantitative estimate of drug-likeness (QED) is 0.860. The minimum Gasteiger partial charge on any atom is -0.492 e. The molecule has 0 amide bonds. The molecule has 1 unspecified atom stereocenters. The van der Waals surface area contributed by atoms with Crippen molar-refractivity contribution in [2.45, 2.75) is 26.2 Å². The van der Waals surface area contributed by atoms with Gasteiger partial charge in [0.1, 0.15) is 5.75 Å².